The summed E-state index contributed by atoms with van der Waals surface area (Å²) in [6.45, 7) is 11.2. The first-order valence-electron chi connectivity index (χ1n) is 14.6. The van der Waals surface area contributed by atoms with Crippen molar-refractivity contribution in [3.8, 4) is 5.75 Å². The van der Waals surface area contributed by atoms with Crippen molar-refractivity contribution in [3.05, 3.63) is 45.4 Å². The van der Waals surface area contributed by atoms with Gasteiger partial charge in [0.05, 0.1) is 11.6 Å². The fourth-order valence-corrected chi connectivity index (χ4v) is 7.79. The summed E-state index contributed by atoms with van der Waals surface area (Å²) in [7, 11) is 6.94. The summed E-state index contributed by atoms with van der Waals surface area (Å²) in [4.78, 5) is 43.2. The number of nitrogens with zero attached hydrogens (tertiary/aromatic N) is 2. The van der Waals surface area contributed by atoms with E-state index in [1.807, 2.05) is 19.0 Å². The van der Waals surface area contributed by atoms with Crippen molar-refractivity contribution < 1.29 is 34.8 Å². The molecule has 0 aromatic heterocycles. The molecule has 1 amide bonds. The third-order valence-corrected chi connectivity index (χ3v) is 8.95. The number of rotatable bonds is 7. The van der Waals surface area contributed by atoms with Crippen LogP contribution in [0.3, 0.4) is 0 Å². The molecule has 11 nitrogen and oxygen atoms in total. The molecule has 0 spiro atoms. The molecule has 0 saturated carbocycles. The molecule has 4 rings (SSSR count). The van der Waals surface area contributed by atoms with E-state index in [0.29, 0.717) is 12.1 Å². The fourth-order valence-electron chi connectivity index (χ4n) is 7.79. The number of primary amides is 1. The lowest BCUT2D eigenvalue weighted by Crippen LogP contribution is -2.63. The number of carbonyl (C=O) groups is 3. The first-order chi connectivity index (χ1) is 19.6. The molecule has 0 bridgehead atoms. The first-order valence-corrected chi connectivity index (χ1v) is 14.6. The summed E-state index contributed by atoms with van der Waals surface area (Å²) in [5, 5.41) is 49.1. The summed E-state index contributed by atoms with van der Waals surface area (Å²) in [5.74, 6) is -6.62. The highest BCUT2D eigenvalue weighted by atomic mass is 16.3. The van der Waals surface area contributed by atoms with E-state index in [1.54, 1.807) is 20.2 Å². The molecule has 0 aliphatic heterocycles. The quantitative estimate of drug-likeness (QED) is 0.256. The Labute approximate surface area is 253 Å². The maximum absolute atomic E-state index is 14.1. The number of hydrogen-bond acceptors (Lipinski definition) is 10. The van der Waals surface area contributed by atoms with Gasteiger partial charge in [-0.3, -0.25) is 19.3 Å². The van der Waals surface area contributed by atoms with Crippen LogP contribution >= 0.6 is 0 Å². The highest BCUT2D eigenvalue weighted by Crippen LogP contribution is 2.53. The molecule has 11 heteroatoms. The Morgan fingerprint density at radius 1 is 1.09 bits per heavy atom. The highest BCUT2D eigenvalue weighted by Gasteiger charge is 2.63. The van der Waals surface area contributed by atoms with Crippen LogP contribution in [-0.2, 0) is 22.6 Å². The van der Waals surface area contributed by atoms with Gasteiger partial charge in [0.25, 0.3) is 5.91 Å². The number of aliphatic hydroxyl groups excluding tert-OH is 2. The molecule has 3 aliphatic carbocycles. The number of Topliss-reactive ketones (excluding diaryl/α,β-unsaturated/α-hetero) is 2. The predicted molar refractivity (Wildman–Crippen MR) is 163 cm³/mol. The second-order valence-corrected chi connectivity index (χ2v) is 14.6. The standard InChI is InChI=1S/C32H46N4O7/c1-30(2,3)14-31(4,5)34-13-16-12-19(37)21-17(23(16)35(6)7)10-15-11-18-24(36(8)9)26(39)22(29(33)42)28(41)32(18,43)27(40)20(15)25(21)38/h12,15,18,24,34,37,39-40,43H,10-11,13-14H2,1-9H3,(H2,33,42)/t15-,18-,24-,32-/m0/s1. The van der Waals surface area contributed by atoms with Crippen molar-refractivity contribution in [1.82, 2.24) is 10.2 Å². The number of hydrogen-bond donors (Lipinski definition) is 6. The van der Waals surface area contributed by atoms with Gasteiger partial charge in [0.2, 0.25) is 5.78 Å². The average molecular weight is 599 g/mol. The number of allylic oxidation sites excluding steroid dienone is 1. The van der Waals surface area contributed by atoms with Crippen LogP contribution in [0.15, 0.2) is 28.7 Å². The molecule has 1 aromatic rings. The van der Waals surface area contributed by atoms with E-state index in [4.69, 9.17) is 5.73 Å². The zero-order valence-corrected chi connectivity index (χ0v) is 26.6. The van der Waals surface area contributed by atoms with Gasteiger partial charge in [-0.15, -0.1) is 0 Å². The van der Waals surface area contributed by atoms with E-state index < -0.39 is 58.0 Å². The number of aromatic hydroxyl groups is 1. The van der Waals surface area contributed by atoms with Crippen LogP contribution in [-0.4, -0.2) is 88.2 Å². The van der Waals surface area contributed by atoms with Crippen molar-refractivity contribution in [2.45, 2.75) is 77.6 Å². The van der Waals surface area contributed by atoms with Crippen LogP contribution in [0.1, 0.15) is 68.9 Å². The molecule has 0 heterocycles. The zero-order chi connectivity index (χ0) is 32.6. The van der Waals surface area contributed by atoms with Crippen molar-refractivity contribution >= 4 is 23.2 Å². The number of anilines is 1. The maximum Gasteiger partial charge on any atom is 0.255 e. The number of aliphatic hydroxyl groups is 3. The average Bonchev–Trinajstić information content (AvgIpc) is 2.82. The number of phenols is 1. The van der Waals surface area contributed by atoms with Gasteiger partial charge in [-0.25, -0.2) is 0 Å². The van der Waals surface area contributed by atoms with Crippen LogP contribution < -0.4 is 16.0 Å². The lowest BCUT2D eigenvalue weighted by molar-refractivity contribution is -0.148. The van der Waals surface area contributed by atoms with Crippen molar-refractivity contribution in [2.24, 2.45) is 23.0 Å². The number of ketones is 2. The van der Waals surface area contributed by atoms with Crippen LogP contribution in [0.2, 0.25) is 0 Å². The fraction of sp³-hybridized carbons (Fsp3) is 0.594. The minimum absolute atomic E-state index is 0.00202. The van der Waals surface area contributed by atoms with Gasteiger partial charge in [0.15, 0.2) is 11.4 Å². The highest BCUT2D eigenvalue weighted by molar-refractivity contribution is 6.24. The third kappa shape index (κ3) is 5.32. The topological polar surface area (TPSA) is 177 Å². The summed E-state index contributed by atoms with van der Waals surface area (Å²) in [6.07, 6.45) is 1.17. The molecule has 0 unspecified atom stereocenters. The van der Waals surface area contributed by atoms with Crippen LogP contribution in [0.4, 0.5) is 5.69 Å². The number of nitrogens with two attached hydrogens (primary N) is 1. The molecule has 4 atom stereocenters. The van der Waals surface area contributed by atoms with E-state index in [-0.39, 0.29) is 40.7 Å². The molecule has 0 radical (unpaired) electrons. The number of nitrogens with one attached hydrogen (secondary N) is 1. The van der Waals surface area contributed by atoms with Gasteiger partial charge in [-0.05, 0) is 75.7 Å². The Balaban J connectivity index is 1.86. The third-order valence-electron chi connectivity index (χ3n) is 8.95. The second-order valence-electron chi connectivity index (χ2n) is 14.6. The van der Waals surface area contributed by atoms with Crippen LogP contribution in [0.25, 0.3) is 0 Å². The zero-order valence-electron chi connectivity index (χ0n) is 26.6. The van der Waals surface area contributed by atoms with Gasteiger partial charge >= 0.3 is 0 Å². The Bertz CT molecular complexity index is 1450. The largest absolute Gasteiger partial charge is 0.510 e. The number of likely N-dealkylation sites (N-methyl/N-ethyl adjacent to an activating group) is 1. The first kappa shape index (κ1) is 32.5. The number of benzene rings is 1. The molecular formula is C32H46N4O7. The molecule has 1 aromatic carbocycles. The van der Waals surface area contributed by atoms with Gasteiger partial charge < -0.3 is 36.4 Å². The van der Waals surface area contributed by atoms with E-state index in [9.17, 15) is 34.8 Å². The van der Waals surface area contributed by atoms with Crippen LogP contribution in [0.5, 0.6) is 5.75 Å². The summed E-state index contributed by atoms with van der Waals surface area (Å²) in [6, 6.07) is 0.511. The Morgan fingerprint density at radius 2 is 1.70 bits per heavy atom. The molecule has 43 heavy (non-hydrogen) atoms. The molecule has 3 aliphatic rings. The second kappa shape index (κ2) is 10.6. The van der Waals surface area contributed by atoms with Crippen molar-refractivity contribution in [2.75, 3.05) is 33.1 Å². The number of amides is 1. The SMILES string of the molecule is CN(C)c1c(CNC(C)(C)CC(C)(C)C)cc(O)c2c1C[C@H]1C[C@H]3[C@H](N(C)C)C(O)=C(C(N)=O)C(=O)[C@@]3(O)C(O)=C1C2=O. The number of fused-ring (bicyclic) bond motifs is 3. The Morgan fingerprint density at radius 3 is 2.21 bits per heavy atom. The van der Waals surface area contributed by atoms with Crippen molar-refractivity contribution in [1.29, 1.82) is 0 Å². The lowest BCUT2D eigenvalue weighted by atomic mass is 9.58. The smallest absolute Gasteiger partial charge is 0.255 e. The maximum atomic E-state index is 14.1. The van der Waals surface area contributed by atoms with Gasteiger partial charge in [-0.1, -0.05) is 20.8 Å². The van der Waals surface area contributed by atoms with E-state index >= 15 is 0 Å². The molecule has 0 saturated heterocycles. The Hall–Kier alpha value is -3.41. The van der Waals surface area contributed by atoms with E-state index in [0.717, 1.165) is 17.7 Å². The summed E-state index contributed by atoms with van der Waals surface area (Å²) >= 11 is 0. The van der Waals surface area contributed by atoms with Crippen LogP contribution in [0, 0.1) is 17.3 Å². The molecule has 0 fully saturated rings. The van der Waals surface area contributed by atoms with Gasteiger partial charge in [0, 0.05) is 43.4 Å². The summed E-state index contributed by atoms with van der Waals surface area (Å²) < 4.78 is 0. The number of phenolic OH excluding ortho intramolecular Hbond substituents is 1. The number of carbonyl (C=O) groups excluding carboxylic acids is 3. The normalized spacial score (nSPS) is 26.0. The predicted octanol–water partition coefficient (Wildman–Crippen LogP) is 2.49. The molecular weight excluding hydrogens is 552 g/mol. The molecule has 236 valence electrons. The Kier molecular flexibility index (Phi) is 8.04. The van der Waals surface area contributed by atoms with E-state index in [1.165, 1.54) is 4.90 Å². The van der Waals surface area contributed by atoms with E-state index in [2.05, 4.69) is 39.9 Å². The minimum atomic E-state index is -2.66. The lowest BCUT2D eigenvalue weighted by Gasteiger charge is -2.50. The summed E-state index contributed by atoms with van der Waals surface area (Å²) in [5.41, 5.74) is 3.80. The van der Waals surface area contributed by atoms with Gasteiger partial charge in [-0.2, -0.15) is 0 Å². The van der Waals surface area contributed by atoms with Gasteiger partial charge in [0.1, 0.15) is 22.8 Å². The minimum Gasteiger partial charge on any atom is -0.510 e. The van der Waals surface area contributed by atoms with Crippen molar-refractivity contribution in [3.63, 3.8) is 0 Å². The molecule has 7 N–H and O–H groups in total. The monoisotopic (exact) mass is 598 g/mol.